The molecule has 0 aromatic heterocycles. The molecule has 1 aromatic rings. The summed E-state index contributed by atoms with van der Waals surface area (Å²) in [6.07, 6.45) is -0.676. The van der Waals surface area contributed by atoms with Gasteiger partial charge in [0.05, 0.1) is 0 Å². The van der Waals surface area contributed by atoms with E-state index in [-0.39, 0.29) is 13.0 Å². The summed E-state index contributed by atoms with van der Waals surface area (Å²) >= 11 is 0. The molecule has 1 rings (SSSR count). The van der Waals surface area contributed by atoms with Gasteiger partial charge in [0.15, 0.2) is 0 Å². The fraction of sp³-hybridized carbons (Fsp3) is 0.625. The molecule has 0 spiro atoms. The Morgan fingerprint density at radius 3 is 1.93 bits per heavy atom. The van der Waals surface area contributed by atoms with Crippen LogP contribution in [-0.2, 0) is 30.5 Å². The molecule has 1 aromatic carbocycles. The van der Waals surface area contributed by atoms with Gasteiger partial charge < -0.3 is 25.4 Å². The maximum atomic E-state index is 13.3. The molecule has 0 radical (unpaired) electrons. The number of ether oxygens (including phenoxy) is 2. The quantitative estimate of drug-likeness (QED) is 0.174. The van der Waals surface area contributed by atoms with Crippen LogP contribution in [0.25, 0.3) is 0 Å². The second-order valence-corrected chi connectivity index (χ2v) is 17.6. The van der Waals surface area contributed by atoms with Crippen molar-refractivity contribution in [3.05, 3.63) is 35.9 Å². The van der Waals surface area contributed by atoms with Gasteiger partial charge in [-0.3, -0.25) is 9.59 Å². The van der Waals surface area contributed by atoms with E-state index >= 15 is 0 Å². The lowest BCUT2D eigenvalue weighted by atomic mass is 9.86. The number of hydrogen-bond donors (Lipinski definition) is 3. The van der Waals surface area contributed by atoms with Gasteiger partial charge in [-0.05, 0) is 56.8 Å². The first kappa shape index (κ1) is 36.7. The van der Waals surface area contributed by atoms with Crippen LogP contribution in [0.1, 0.15) is 81.2 Å². The van der Waals surface area contributed by atoms with Crippen molar-refractivity contribution in [2.45, 2.75) is 124 Å². The average Bonchev–Trinajstić information content (AvgIpc) is 2.91. The van der Waals surface area contributed by atoms with Crippen LogP contribution in [0.4, 0.5) is 4.79 Å². The smallest absolute Gasteiger partial charge is 0.408 e. The van der Waals surface area contributed by atoms with Gasteiger partial charge in [-0.1, -0.05) is 71.9 Å². The Bertz CT molecular complexity index is 1100. The maximum Gasteiger partial charge on any atom is 0.408 e. The summed E-state index contributed by atoms with van der Waals surface area (Å²) in [6, 6.07) is 9.28. The Hall–Kier alpha value is -3.32. The molecular formula is C32H51N3O6Si. The van der Waals surface area contributed by atoms with Gasteiger partial charge in [0, 0.05) is 6.42 Å². The van der Waals surface area contributed by atoms with Crippen molar-refractivity contribution in [3.63, 3.8) is 0 Å². The van der Waals surface area contributed by atoms with Crippen LogP contribution in [0, 0.1) is 16.9 Å². The third-order valence-corrected chi connectivity index (χ3v) is 11.8. The van der Waals surface area contributed by atoms with Gasteiger partial charge in [0.1, 0.15) is 38.4 Å². The molecule has 0 saturated carbocycles. The summed E-state index contributed by atoms with van der Waals surface area (Å²) in [4.78, 5) is 51.9. The molecule has 3 N–H and O–H groups in total. The molecule has 0 aliphatic heterocycles. The minimum absolute atomic E-state index is 0.0740. The molecule has 10 heteroatoms. The van der Waals surface area contributed by atoms with Crippen molar-refractivity contribution in [1.29, 1.82) is 0 Å². The van der Waals surface area contributed by atoms with Crippen molar-refractivity contribution in [3.8, 4) is 11.5 Å². The van der Waals surface area contributed by atoms with E-state index in [1.165, 1.54) is 6.92 Å². The number of carbonyl (C=O) groups excluding carboxylic acids is 4. The van der Waals surface area contributed by atoms with E-state index in [0.29, 0.717) is 0 Å². The van der Waals surface area contributed by atoms with E-state index in [2.05, 4.69) is 48.2 Å². The first-order chi connectivity index (χ1) is 19.5. The van der Waals surface area contributed by atoms with E-state index in [4.69, 9.17) is 9.47 Å². The Balaban J connectivity index is 3.02. The van der Waals surface area contributed by atoms with Crippen molar-refractivity contribution in [2.24, 2.45) is 5.41 Å². The van der Waals surface area contributed by atoms with E-state index < -0.39 is 61.1 Å². The van der Waals surface area contributed by atoms with Gasteiger partial charge in [-0.15, -0.1) is 11.5 Å². The molecule has 42 heavy (non-hydrogen) atoms. The minimum Gasteiger partial charge on any atom is -0.459 e. The third kappa shape index (κ3) is 12.7. The summed E-state index contributed by atoms with van der Waals surface area (Å²) in [5, 5.41) is 8.00. The van der Waals surface area contributed by atoms with Crippen LogP contribution in [-0.4, -0.2) is 55.7 Å². The minimum atomic E-state index is -1.77. The van der Waals surface area contributed by atoms with Crippen molar-refractivity contribution in [1.82, 2.24) is 16.0 Å². The number of amides is 3. The zero-order valence-corrected chi connectivity index (χ0v) is 28.1. The summed E-state index contributed by atoms with van der Waals surface area (Å²) in [7, 11) is -1.77. The first-order valence-electron chi connectivity index (χ1n) is 14.8. The highest BCUT2D eigenvalue weighted by Gasteiger charge is 2.36. The molecule has 9 nitrogen and oxygen atoms in total. The number of hydrogen-bond acceptors (Lipinski definition) is 6. The molecular weight excluding hydrogens is 550 g/mol. The Morgan fingerprint density at radius 1 is 0.857 bits per heavy atom. The van der Waals surface area contributed by atoms with Gasteiger partial charge in [-0.2, -0.15) is 0 Å². The van der Waals surface area contributed by atoms with E-state index in [1.807, 2.05) is 51.1 Å². The third-order valence-electron chi connectivity index (χ3n) is 7.06. The van der Waals surface area contributed by atoms with Crippen molar-refractivity contribution in [2.75, 3.05) is 0 Å². The lowest BCUT2D eigenvalue weighted by Crippen LogP contribution is -2.57. The Labute approximate surface area is 253 Å². The largest absolute Gasteiger partial charge is 0.459 e. The Kier molecular flexibility index (Phi) is 14.3. The second kappa shape index (κ2) is 16.3. The first-order valence-corrected chi connectivity index (χ1v) is 17.4. The summed E-state index contributed by atoms with van der Waals surface area (Å²) in [5.41, 5.74) is 2.85. The maximum absolute atomic E-state index is 13.3. The molecule has 0 aliphatic carbocycles. The molecule has 3 atom stereocenters. The highest BCUT2D eigenvalue weighted by atomic mass is 28.3. The van der Waals surface area contributed by atoms with Crippen molar-refractivity contribution < 1.29 is 28.7 Å². The van der Waals surface area contributed by atoms with Crippen LogP contribution in [0.5, 0.6) is 0 Å². The number of nitrogens with one attached hydrogen (secondary N) is 3. The van der Waals surface area contributed by atoms with E-state index in [9.17, 15) is 19.2 Å². The van der Waals surface area contributed by atoms with Gasteiger partial charge in [-0.25, -0.2) is 9.59 Å². The number of rotatable bonds is 12. The second-order valence-electron chi connectivity index (χ2n) is 12.7. The number of esters is 1. The van der Waals surface area contributed by atoms with Crippen LogP contribution in [0.3, 0.4) is 0 Å². The fourth-order valence-electron chi connectivity index (χ4n) is 4.10. The normalized spacial score (nSPS) is 13.9. The zero-order chi connectivity index (χ0) is 32.1. The SMILES string of the molecule is CC[Si](C#CC[C@H](NC(=O)OC(C)(C)C)C(=O)N[C@@H](C)C(=O)N[C@H](C(=O)OCc1ccccc1)C(C)(C)C)(CC)CC. The summed E-state index contributed by atoms with van der Waals surface area (Å²) in [6.45, 7) is 18.6. The molecule has 0 aliphatic rings. The number of benzene rings is 1. The van der Waals surface area contributed by atoms with Crippen LogP contribution >= 0.6 is 0 Å². The van der Waals surface area contributed by atoms with Gasteiger partial charge in [0.2, 0.25) is 11.8 Å². The van der Waals surface area contributed by atoms with Crippen molar-refractivity contribution >= 4 is 32.0 Å². The lowest BCUT2D eigenvalue weighted by molar-refractivity contribution is -0.152. The molecule has 0 saturated heterocycles. The molecule has 0 unspecified atom stereocenters. The number of carbonyl (C=O) groups is 4. The van der Waals surface area contributed by atoms with E-state index in [0.717, 1.165) is 23.7 Å². The van der Waals surface area contributed by atoms with Crippen LogP contribution in [0.2, 0.25) is 18.1 Å². The molecule has 234 valence electrons. The molecule has 0 bridgehead atoms. The molecule has 0 fully saturated rings. The zero-order valence-electron chi connectivity index (χ0n) is 27.1. The topological polar surface area (TPSA) is 123 Å². The summed E-state index contributed by atoms with van der Waals surface area (Å²) in [5.74, 6) is 1.43. The predicted octanol–water partition coefficient (Wildman–Crippen LogP) is 5.10. The molecule has 0 heterocycles. The number of alkyl carbamates (subject to hydrolysis) is 1. The van der Waals surface area contributed by atoms with Gasteiger partial charge >= 0.3 is 12.1 Å². The Morgan fingerprint density at radius 2 is 1.43 bits per heavy atom. The van der Waals surface area contributed by atoms with Crippen LogP contribution in [0.15, 0.2) is 30.3 Å². The average molecular weight is 602 g/mol. The lowest BCUT2D eigenvalue weighted by Gasteiger charge is -2.31. The highest BCUT2D eigenvalue weighted by molar-refractivity contribution is 6.87. The molecule has 3 amide bonds. The van der Waals surface area contributed by atoms with Gasteiger partial charge in [0.25, 0.3) is 0 Å². The van der Waals surface area contributed by atoms with E-state index in [1.54, 1.807) is 20.8 Å². The van der Waals surface area contributed by atoms with Crippen LogP contribution < -0.4 is 16.0 Å². The standard InChI is InChI=1S/C32H51N3O6Si/c1-11-42(12-2,13-3)21-17-20-25(34-30(39)41-32(8,9)10)28(37)33-23(4)27(36)35-26(31(5,6)7)29(38)40-22-24-18-15-14-16-19-24/h14-16,18-19,23,25-26H,11-13,20,22H2,1-10H3,(H,33,37)(H,34,39)(H,35,36)/t23-,25-,26+/m0/s1. The highest BCUT2D eigenvalue weighted by Crippen LogP contribution is 2.21. The summed E-state index contributed by atoms with van der Waals surface area (Å²) < 4.78 is 10.8. The predicted molar refractivity (Wildman–Crippen MR) is 168 cm³/mol. The monoisotopic (exact) mass is 601 g/mol. The fourth-order valence-corrected chi connectivity index (χ4v) is 6.61.